The second-order valence-corrected chi connectivity index (χ2v) is 6.93. The zero-order valence-corrected chi connectivity index (χ0v) is 16.9. The summed E-state index contributed by atoms with van der Waals surface area (Å²) in [5, 5.41) is 0. The summed E-state index contributed by atoms with van der Waals surface area (Å²) >= 11 is 0. The second-order valence-electron chi connectivity index (χ2n) is 6.93. The summed E-state index contributed by atoms with van der Waals surface area (Å²) in [6.07, 6.45) is 1.48. The Bertz CT molecular complexity index is 321. The van der Waals surface area contributed by atoms with Crippen LogP contribution in [-0.4, -0.2) is 85.9 Å². The zero-order valence-electron chi connectivity index (χ0n) is 16.9. The lowest BCUT2D eigenvalue weighted by molar-refractivity contribution is -0.351. The summed E-state index contributed by atoms with van der Waals surface area (Å²) < 4.78 is 6.66. The Morgan fingerprint density at radius 2 is 1.00 bits per heavy atom. The number of rotatable bonds is 10. The summed E-state index contributed by atoms with van der Waals surface area (Å²) in [4.78, 5) is 8.19. The molecule has 0 heterocycles. The maximum absolute atomic E-state index is 6.66. The van der Waals surface area contributed by atoms with Crippen LogP contribution in [0.15, 0.2) is 0 Å². The predicted octanol–water partition coefficient (Wildman–Crippen LogP) is 0.727. The molecule has 7 heteroatoms. The standard InChI is InChI=1S/C16H40N6O/c1-11-13(17)21(9)15(3,19(5)6)23-16(4,20(7)8)22(10)14(18)12-2/h13-14H,11-12,17-18H2,1-10H3. The first-order chi connectivity index (χ1) is 10.4. The van der Waals surface area contributed by atoms with Crippen molar-refractivity contribution in [3.8, 4) is 0 Å². The minimum atomic E-state index is -0.684. The van der Waals surface area contributed by atoms with Crippen molar-refractivity contribution in [1.29, 1.82) is 0 Å². The molecular weight excluding hydrogens is 292 g/mol. The number of ether oxygens (including phenoxy) is 1. The van der Waals surface area contributed by atoms with Gasteiger partial charge in [0.15, 0.2) is 11.7 Å². The van der Waals surface area contributed by atoms with E-state index >= 15 is 0 Å². The fraction of sp³-hybridized carbons (Fsp3) is 1.00. The molecule has 0 aliphatic rings. The molecule has 0 aromatic rings. The first-order valence-electron chi connectivity index (χ1n) is 8.40. The van der Waals surface area contributed by atoms with Crippen molar-refractivity contribution in [3.63, 3.8) is 0 Å². The van der Waals surface area contributed by atoms with Crippen LogP contribution in [-0.2, 0) is 4.74 Å². The molecule has 0 rings (SSSR count). The third-order valence-electron chi connectivity index (χ3n) is 5.19. The van der Waals surface area contributed by atoms with Crippen LogP contribution in [0.25, 0.3) is 0 Å². The van der Waals surface area contributed by atoms with E-state index in [2.05, 4.69) is 23.6 Å². The highest BCUT2D eigenvalue weighted by molar-refractivity contribution is 4.83. The van der Waals surface area contributed by atoms with Crippen molar-refractivity contribution >= 4 is 0 Å². The Kier molecular flexibility index (Phi) is 8.60. The van der Waals surface area contributed by atoms with Crippen LogP contribution in [0.4, 0.5) is 0 Å². The molecule has 0 bridgehead atoms. The van der Waals surface area contributed by atoms with Crippen LogP contribution in [0.5, 0.6) is 0 Å². The van der Waals surface area contributed by atoms with Gasteiger partial charge in [0, 0.05) is 0 Å². The topological polar surface area (TPSA) is 74.2 Å². The third kappa shape index (κ3) is 4.85. The molecule has 23 heavy (non-hydrogen) atoms. The first-order valence-corrected chi connectivity index (χ1v) is 8.40. The van der Waals surface area contributed by atoms with E-state index in [0.29, 0.717) is 0 Å². The summed E-state index contributed by atoms with van der Waals surface area (Å²) in [6.45, 7) is 8.22. The predicted molar refractivity (Wildman–Crippen MR) is 97.3 cm³/mol. The summed E-state index contributed by atoms with van der Waals surface area (Å²) in [5.41, 5.74) is 12.5. The molecular formula is C16H40N6O. The average molecular weight is 333 g/mol. The highest BCUT2D eigenvalue weighted by Crippen LogP contribution is 2.30. The monoisotopic (exact) mass is 332 g/mol. The largest absolute Gasteiger partial charge is 0.316 e. The van der Waals surface area contributed by atoms with Gasteiger partial charge in [-0.3, -0.25) is 19.6 Å². The van der Waals surface area contributed by atoms with Crippen LogP contribution in [0, 0.1) is 0 Å². The lowest BCUT2D eigenvalue weighted by Crippen LogP contribution is -2.70. The summed E-state index contributed by atoms with van der Waals surface area (Å²) in [7, 11) is 12.0. The van der Waals surface area contributed by atoms with Gasteiger partial charge in [0.25, 0.3) is 0 Å². The average Bonchev–Trinajstić information content (AvgIpc) is 2.50. The minimum absolute atomic E-state index is 0.0982. The van der Waals surface area contributed by atoms with Gasteiger partial charge < -0.3 is 16.2 Å². The van der Waals surface area contributed by atoms with Gasteiger partial charge in [-0.05, 0) is 69.0 Å². The molecule has 0 amide bonds. The molecule has 0 aliphatic heterocycles. The Hall–Kier alpha value is -0.280. The maximum atomic E-state index is 6.66. The molecule has 0 aromatic carbocycles. The molecule has 140 valence electrons. The Balaban J connectivity index is 5.74. The Morgan fingerprint density at radius 3 is 1.17 bits per heavy atom. The van der Waals surface area contributed by atoms with E-state index in [9.17, 15) is 0 Å². The molecule has 7 nitrogen and oxygen atoms in total. The van der Waals surface area contributed by atoms with Gasteiger partial charge in [-0.25, -0.2) is 0 Å². The lowest BCUT2D eigenvalue weighted by atomic mass is 10.2. The van der Waals surface area contributed by atoms with Gasteiger partial charge in [-0.15, -0.1) is 0 Å². The molecule has 0 saturated heterocycles. The smallest absolute Gasteiger partial charge is 0.180 e. The molecule has 0 radical (unpaired) electrons. The minimum Gasteiger partial charge on any atom is -0.316 e. The van der Waals surface area contributed by atoms with Gasteiger partial charge in [0.2, 0.25) is 0 Å². The summed E-state index contributed by atoms with van der Waals surface area (Å²) in [5.74, 6) is -1.37. The number of hydrogen-bond acceptors (Lipinski definition) is 7. The molecule has 4 N–H and O–H groups in total. The number of nitrogens with zero attached hydrogens (tertiary/aromatic N) is 4. The molecule has 0 saturated carbocycles. The van der Waals surface area contributed by atoms with Gasteiger partial charge in [-0.1, -0.05) is 13.8 Å². The van der Waals surface area contributed by atoms with Crippen LogP contribution >= 0.6 is 0 Å². The quantitative estimate of drug-likeness (QED) is 0.571. The molecule has 4 unspecified atom stereocenters. The molecule has 4 atom stereocenters. The molecule has 0 aromatic heterocycles. The fourth-order valence-corrected chi connectivity index (χ4v) is 2.49. The maximum Gasteiger partial charge on any atom is 0.180 e. The molecule has 0 spiro atoms. The van der Waals surface area contributed by atoms with Gasteiger partial charge in [-0.2, -0.15) is 0 Å². The van der Waals surface area contributed by atoms with Crippen molar-refractivity contribution < 1.29 is 4.74 Å². The van der Waals surface area contributed by atoms with Gasteiger partial charge in [0.1, 0.15) is 0 Å². The Labute approximate surface area is 143 Å². The van der Waals surface area contributed by atoms with Crippen LogP contribution in [0.3, 0.4) is 0 Å². The van der Waals surface area contributed by atoms with Crippen LogP contribution in [0.1, 0.15) is 40.5 Å². The van der Waals surface area contributed by atoms with Gasteiger partial charge >= 0.3 is 0 Å². The highest BCUT2D eigenvalue weighted by atomic mass is 16.6. The molecule has 0 aliphatic carbocycles. The van der Waals surface area contributed by atoms with Gasteiger partial charge in [0.05, 0.1) is 12.3 Å². The highest BCUT2D eigenvalue weighted by Gasteiger charge is 2.46. The summed E-state index contributed by atoms with van der Waals surface area (Å²) in [6, 6.07) is 0. The van der Waals surface area contributed by atoms with Crippen molar-refractivity contribution in [2.45, 2.75) is 64.6 Å². The zero-order chi connectivity index (χ0) is 18.6. The third-order valence-corrected chi connectivity index (χ3v) is 5.19. The van der Waals surface area contributed by atoms with Crippen molar-refractivity contribution in [1.82, 2.24) is 19.6 Å². The lowest BCUT2D eigenvalue weighted by Gasteiger charge is -2.54. The number of nitrogens with two attached hydrogens (primary N) is 2. The van der Waals surface area contributed by atoms with E-state index in [1.165, 1.54) is 0 Å². The fourth-order valence-electron chi connectivity index (χ4n) is 2.49. The van der Waals surface area contributed by atoms with E-state index < -0.39 is 11.7 Å². The van der Waals surface area contributed by atoms with E-state index in [1.54, 1.807) is 0 Å². The van der Waals surface area contributed by atoms with Crippen LogP contribution < -0.4 is 11.5 Å². The SMILES string of the molecule is CCC(N)N(C)C(C)(OC(C)(N(C)C)N(C)C(N)CC)N(C)C. The second kappa shape index (κ2) is 8.71. The van der Waals surface area contributed by atoms with E-state index in [-0.39, 0.29) is 12.3 Å². The van der Waals surface area contributed by atoms with E-state index in [0.717, 1.165) is 12.8 Å². The first kappa shape index (κ1) is 22.7. The number of hydrogen-bond donors (Lipinski definition) is 2. The molecule has 0 fully saturated rings. The van der Waals surface area contributed by atoms with Crippen molar-refractivity contribution in [2.75, 3.05) is 42.3 Å². The van der Waals surface area contributed by atoms with Crippen molar-refractivity contribution in [3.05, 3.63) is 0 Å². The van der Waals surface area contributed by atoms with E-state index in [4.69, 9.17) is 16.2 Å². The van der Waals surface area contributed by atoms with Crippen molar-refractivity contribution in [2.24, 2.45) is 11.5 Å². The Morgan fingerprint density at radius 1 is 0.739 bits per heavy atom. The normalized spacial score (nSPS) is 20.9. The van der Waals surface area contributed by atoms with E-state index in [1.807, 2.05) is 65.9 Å². The van der Waals surface area contributed by atoms with Crippen LogP contribution in [0.2, 0.25) is 0 Å².